The molecule has 0 spiro atoms. The molecule has 0 aliphatic heterocycles. The van der Waals surface area contributed by atoms with Crippen LogP contribution in [0.25, 0.3) is 22.3 Å². The monoisotopic (exact) mass is 713 g/mol. The molecule has 0 radical (unpaired) electrons. The summed E-state index contributed by atoms with van der Waals surface area (Å²) in [5.74, 6) is -4.69. The molecule has 0 saturated carbocycles. The van der Waals surface area contributed by atoms with Crippen LogP contribution >= 0.6 is 0 Å². The summed E-state index contributed by atoms with van der Waals surface area (Å²) in [5.41, 5.74) is -0.204. The van der Waals surface area contributed by atoms with Gasteiger partial charge in [0.15, 0.2) is 23.0 Å². The molecule has 1 amide bonds. The Bertz CT molecular complexity index is 2050. The van der Waals surface area contributed by atoms with E-state index in [4.69, 9.17) is 22.6 Å². The molecule has 0 bridgehead atoms. The Morgan fingerprint density at radius 1 is 0.750 bits per heavy atom. The van der Waals surface area contributed by atoms with Crippen LogP contribution in [0.15, 0.2) is 72.8 Å². The number of hydrogen-bond acceptors (Lipinski definition) is 10. The molecule has 0 aliphatic rings. The van der Waals surface area contributed by atoms with Gasteiger partial charge < -0.3 is 27.9 Å². The smallest absolute Gasteiger partial charge is 0.471 e. The second kappa shape index (κ2) is 14.0. The Balaban J connectivity index is 1.91. The summed E-state index contributed by atoms with van der Waals surface area (Å²) < 4.78 is 130. The van der Waals surface area contributed by atoms with Gasteiger partial charge in [0, 0.05) is 16.8 Å². The van der Waals surface area contributed by atoms with Crippen molar-refractivity contribution in [3.8, 4) is 51.0 Å². The lowest BCUT2D eigenvalue weighted by molar-refractivity contribution is -0.167. The van der Waals surface area contributed by atoms with E-state index in [0.29, 0.717) is 6.07 Å². The van der Waals surface area contributed by atoms with Crippen LogP contribution in [0.1, 0.15) is 5.56 Å². The van der Waals surface area contributed by atoms with Crippen molar-refractivity contribution in [2.45, 2.75) is 12.8 Å². The lowest BCUT2D eigenvalue weighted by Crippen LogP contribution is -2.29. The average molecular weight is 714 g/mol. The minimum Gasteiger partial charge on any atom is -0.496 e. The molecule has 0 saturated heterocycles. The van der Waals surface area contributed by atoms with Crippen LogP contribution in [0.2, 0.25) is 0 Å². The third-order valence-corrected chi connectivity index (χ3v) is 7.30. The quantitative estimate of drug-likeness (QED) is 0.139. The maximum absolute atomic E-state index is 15.4. The van der Waals surface area contributed by atoms with Crippen molar-refractivity contribution >= 4 is 31.8 Å². The van der Waals surface area contributed by atoms with E-state index in [1.54, 1.807) is 35.6 Å². The summed E-state index contributed by atoms with van der Waals surface area (Å²) in [6.45, 7) is 0.0405. The van der Waals surface area contributed by atoms with Crippen molar-refractivity contribution in [1.29, 1.82) is 0 Å². The van der Waals surface area contributed by atoms with E-state index in [1.807, 2.05) is 0 Å². The Morgan fingerprint density at radius 2 is 1.42 bits per heavy atom. The summed E-state index contributed by atoms with van der Waals surface area (Å²) in [5, 5.41) is 1.54. The van der Waals surface area contributed by atoms with Gasteiger partial charge in [-0.2, -0.15) is 30.0 Å². The molecule has 4 aromatic rings. The van der Waals surface area contributed by atoms with E-state index in [1.165, 1.54) is 31.4 Å². The number of ether oxygens (including phenoxy) is 3. The molecule has 11 nitrogen and oxygen atoms in total. The highest BCUT2D eigenvalue weighted by atomic mass is 32.2. The van der Waals surface area contributed by atoms with Gasteiger partial charge in [0.05, 0.1) is 32.3 Å². The number of nitrogens with one attached hydrogen (secondary N) is 1. The number of methoxy groups -OCH3 is 2. The first kappa shape index (κ1) is 35.8. The van der Waals surface area contributed by atoms with Gasteiger partial charge in [-0.1, -0.05) is 36.4 Å². The number of hydrogen-bond donors (Lipinski definition) is 1. The average Bonchev–Trinajstić information content (AvgIpc) is 2.98. The maximum atomic E-state index is 15.4. The molecule has 0 unspecified atom stereocenters. The number of carbonyl (C=O) groups excluding carboxylic acids is 1. The molecule has 0 atom stereocenters. The number of halogens is 4. The summed E-state index contributed by atoms with van der Waals surface area (Å²) in [7, 11) is -6.11. The number of anilines is 1. The molecule has 1 N–H and O–H groups in total. The zero-order chi connectivity index (χ0) is 35.4. The Kier molecular flexibility index (Phi) is 10.4. The number of rotatable bonds is 12. The second-order valence-corrected chi connectivity index (χ2v) is 13.2. The van der Waals surface area contributed by atoms with Gasteiger partial charge in [0.1, 0.15) is 18.2 Å². The predicted octanol–water partition coefficient (Wildman–Crippen LogP) is 5.93. The fraction of sp³-hybridized carbons (Fsp3) is 0.194. The van der Waals surface area contributed by atoms with E-state index in [9.17, 15) is 34.8 Å². The minimum atomic E-state index is -5.22. The van der Waals surface area contributed by atoms with E-state index in [-0.39, 0.29) is 51.9 Å². The highest BCUT2D eigenvalue weighted by molar-refractivity contribution is 7.86. The SMILES string of the molecule is COc1cc(-c2ccc(NC(=O)C(F)(F)F)cc2F)c(OC)c(OS(C)(=O)=O)c1-c1ccc(OCc2ccccc2)c(OS(C)(=O)=O)c1. The van der Waals surface area contributed by atoms with Crippen LogP contribution in [0.3, 0.4) is 0 Å². The number of amides is 1. The van der Waals surface area contributed by atoms with Crippen LogP contribution in [-0.4, -0.2) is 55.7 Å². The zero-order valence-corrected chi connectivity index (χ0v) is 27.2. The molecule has 0 aromatic heterocycles. The minimum absolute atomic E-state index is 0.0148. The highest BCUT2D eigenvalue weighted by Gasteiger charge is 2.39. The van der Waals surface area contributed by atoms with Crippen LogP contribution in [-0.2, 0) is 31.6 Å². The topological polar surface area (TPSA) is 144 Å². The molecule has 0 fully saturated rings. The molecule has 17 heteroatoms. The van der Waals surface area contributed by atoms with Gasteiger partial charge in [-0.3, -0.25) is 4.79 Å². The molecule has 256 valence electrons. The van der Waals surface area contributed by atoms with Crippen LogP contribution < -0.4 is 27.9 Å². The standard InChI is InChI=1S/C31H27F4NO10S2/c1-42-26-16-22(21-12-11-20(15-23(21)32)36-30(37)31(33,34)35)28(43-2)29(46-48(4,40)41)27(26)19-10-13-24(25(14-19)45-47(3,38)39)44-17-18-8-6-5-7-9-18/h5-16H,17H2,1-4H3,(H,36,37). The van der Waals surface area contributed by atoms with Gasteiger partial charge >= 0.3 is 32.3 Å². The first-order chi connectivity index (χ1) is 22.4. The van der Waals surface area contributed by atoms with Crippen molar-refractivity contribution in [3.63, 3.8) is 0 Å². The lowest BCUT2D eigenvalue weighted by Gasteiger charge is -2.21. The van der Waals surface area contributed by atoms with E-state index in [2.05, 4.69) is 0 Å². The largest absolute Gasteiger partial charge is 0.496 e. The third-order valence-electron chi connectivity index (χ3n) is 6.34. The second-order valence-electron chi connectivity index (χ2n) is 10.0. The van der Waals surface area contributed by atoms with Crippen LogP contribution in [0.5, 0.6) is 28.7 Å². The fourth-order valence-corrected chi connectivity index (χ4v) is 5.36. The first-order valence-electron chi connectivity index (χ1n) is 13.5. The molecule has 4 aromatic carbocycles. The van der Waals surface area contributed by atoms with Crippen LogP contribution in [0.4, 0.5) is 23.2 Å². The van der Waals surface area contributed by atoms with Crippen molar-refractivity contribution in [2.24, 2.45) is 0 Å². The van der Waals surface area contributed by atoms with Crippen LogP contribution in [0, 0.1) is 5.82 Å². The lowest BCUT2D eigenvalue weighted by atomic mass is 9.95. The summed E-state index contributed by atoms with van der Waals surface area (Å²) >= 11 is 0. The summed E-state index contributed by atoms with van der Waals surface area (Å²) in [6.07, 6.45) is -3.68. The molecule has 4 rings (SSSR count). The molecule has 48 heavy (non-hydrogen) atoms. The van der Waals surface area contributed by atoms with E-state index < -0.39 is 49.6 Å². The third kappa shape index (κ3) is 8.86. The number of benzene rings is 4. The molecular formula is C31H27F4NO10S2. The first-order valence-corrected chi connectivity index (χ1v) is 17.1. The normalized spacial score (nSPS) is 11.8. The van der Waals surface area contributed by atoms with Crippen molar-refractivity contribution in [2.75, 3.05) is 32.0 Å². The molecule has 0 aliphatic carbocycles. The summed E-state index contributed by atoms with van der Waals surface area (Å²) in [4.78, 5) is 11.3. The zero-order valence-electron chi connectivity index (χ0n) is 25.5. The van der Waals surface area contributed by atoms with Crippen molar-refractivity contribution in [1.82, 2.24) is 0 Å². The molecular weight excluding hydrogens is 686 g/mol. The maximum Gasteiger partial charge on any atom is 0.471 e. The van der Waals surface area contributed by atoms with Gasteiger partial charge in [-0.15, -0.1) is 0 Å². The van der Waals surface area contributed by atoms with Gasteiger partial charge in [0.25, 0.3) is 0 Å². The number of alkyl halides is 3. The summed E-state index contributed by atoms with van der Waals surface area (Å²) in [6, 6.07) is 16.9. The molecule has 0 heterocycles. The van der Waals surface area contributed by atoms with Gasteiger partial charge in [-0.25, -0.2) is 4.39 Å². The Labute approximate surface area is 273 Å². The number of carbonyl (C=O) groups is 1. The fourth-order valence-electron chi connectivity index (χ4n) is 4.44. The van der Waals surface area contributed by atoms with Gasteiger partial charge in [0.2, 0.25) is 0 Å². The van der Waals surface area contributed by atoms with E-state index >= 15 is 4.39 Å². The highest BCUT2D eigenvalue weighted by Crippen LogP contribution is 2.52. The Morgan fingerprint density at radius 3 is 1.98 bits per heavy atom. The van der Waals surface area contributed by atoms with Crippen molar-refractivity contribution in [3.05, 3.63) is 84.2 Å². The van der Waals surface area contributed by atoms with Crippen molar-refractivity contribution < 1.29 is 61.8 Å². The predicted molar refractivity (Wildman–Crippen MR) is 167 cm³/mol. The van der Waals surface area contributed by atoms with E-state index in [0.717, 1.165) is 37.3 Å². The Hall–Kier alpha value is -5.03. The van der Waals surface area contributed by atoms with Gasteiger partial charge in [-0.05, 0) is 47.5 Å².